The molecule has 1 atom stereocenters. The minimum Gasteiger partial charge on any atom is -0.379 e. The van der Waals surface area contributed by atoms with Crippen molar-refractivity contribution in [3.05, 3.63) is 48.0 Å². The zero-order chi connectivity index (χ0) is 28.1. The average Bonchev–Trinajstić information content (AvgIpc) is 2.94. The molecule has 3 amide bonds. The molecule has 0 aliphatic heterocycles. The van der Waals surface area contributed by atoms with E-state index in [0.717, 1.165) is 22.8 Å². The summed E-state index contributed by atoms with van der Waals surface area (Å²) in [6.07, 6.45) is 3.16. The number of hydrogen-bond acceptors (Lipinski definition) is 7. The summed E-state index contributed by atoms with van der Waals surface area (Å²) >= 11 is 4.47. The molecule has 10 heteroatoms. The maximum absolute atomic E-state index is 12.8. The number of hydrogen-bond donors (Lipinski definition) is 3. The molecule has 3 N–H and O–H groups in total. The lowest BCUT2D eigenvalue weighted by molar-refractivity contribution is -0.128. The first-order valence-electron chi connectivity index (χ1n) is 13.5. The Hall–Kier alpha value is -3.17. The lowest BCUT2D eigenvalue weighted by Gasteiger charge is -2.18. The van der Waals surface area contributed by atoms with Crippen molar-refractivity contribution in [2.75, 3.05) is 46.1 Å². The summed E-state index contributed by atoms with van der Waals surface area (Å²) in [7, 11) is 0. The first kappa shape index (κ1) is 32.0. The number of nitrogens with one attached hydrogen (secondary N) is 3. The molecule has 0 saturated carbocycles. The van der Waals surface area contributed by atoms with E-state index in [1.165, 1.54) is 0 Å². The summed E-state index contributed by atoms with van der Waals surface area (Å²) in [5.41, 5.74) is 0.898. The highest BCUT2D eigenvalue weighted by molar-refractivity contribution is 7.78. The zero-order valence-corrected chi connectivity index (χ0v) is 23.5. The van der Waals surface area contributed by atoms with E-state index in [9.17, 15) is 14.4 Å². The number of aliphatic imine (C=N–C) groups is 1. The largest absolute Gasteiger partial charge is 0.379 e. The molecule has 39 heavy (non-hydrogen) atoms. The van der Waals surface area contributed by atoms with Crippen LogP contribution in [0.15, 0.2) is 47.5 Å². The first-order chi connectivity index (χ1) is 19.0. The monoisotopic (exact) mass is 556 g/mol. The molecule has 2 aromatic rings. The third-order valence-electron chi connectivity index (χ3n) is 5.88. The fourth-order valence-corrected chi connectivity index (χ4v) is 3.94. The molecule has 0 saturated heterocycles. The maximum Gasteiger partial charge on any atom is 0.242 e. The number of nitrogens with zero attached hydrogens (tertiary/aromatic N) is 1. The zero-order valence-electron chi connectivity index (χ0n) is 22.7. The number of unbranched alkanes of at least 4 members (excludes halogenated alkanes) is 1. The van der Waals surface area contributed by atoms with Gasteiger partial charge in [0, 0.05) is 19.5 Å². The fourth-order valence-electron chi connectivity index (χ4n) is 3.85. The van der Waals surface area contributed by atoms with Gasteiger partial charge in [0.25, 0.3) is 0 Å². The van der Waals surface area contributed by atoms with Crippen molar-refractivity contribution in [2.24, 2.45) is 4.99 Å². The quantitative estimate of drug-likeness (QED) is 0.131. The number of carbonyl (C=O) groups is 3. The lowest BCUT2D eigenvalue weighted by atomic mass is 10.0. The Bertz CT molecular complexity index is 1090. The Kier molecular flexibility index (Phi) is 16.3. The Morgan fingerprint density at radius 3 is 2.46 bits per heavy atom. The third-order valence-corrected chi connectivity index (χ3v) is 6.01. The van der Waals surface area contributed by atoms with Crippen molar-refractivity contribution in [2.45, 2.75) is 51.5 Å². The number of amides is 3. The van der Waals surface area contributed by atoms with Crippen LogP contribution in [0.4, 0.5) is 0 Å². The second-order valence-corrected chi connectivity index (χ2v) is 9.25. The highest BCUT2D eigenvalue weighted by Crippen LogP contribution is 2.16. The van der Waals surface area contributed by atoms with Crippen LogP contribution in [0.1, 0.15) is 44.6 Å². The normalized spacial score (nSPS) is 11.4. The molecule has 0 heterocycles. The maximum atomic E-state index is 12.8. The minimum atomic E-state index is -0.614. The molecule has 212 valence electrons. The fraction of sp³-hybridized carbons (Fsp3) is 0.517. The predicted molar refractivity (Wildman–Crippen MR) is 156 cm³/mol. The van der Waals surface area contributed by atoms with E-state index in [4.69, 9.17) is 9.47 Å². The van der Waals surface area contributed by atoms with Gasteiger partial charge in [-0.15, -0.1) is 0 Å². The van der Waals surface area contributed by atoms with Crippen LogP contribution in [-0.2, 0) is 30.3 Å². The lowest BCUT2D eigenvalue weighted by Crippen LogP contribution is -2.47. The molecule has 1 unspecified atom stereocenters. The van der Waals surface area contributed by atoms with Crippen molar-refractivity contribution in [1.82, 2.24) is 16.0 Å². The molecule has 0 bridgehead atoms. The molecule has 9 nitrogen and oxygen atoms in total. The summed E-state index contributed by atoms with van der Waals surface area (Å²) < 4.78 is 10.7. The standard InChI is InChI=1S/C29H40N4O5S/c1-2-13-32-29(36)26(33-28(35)21-23-10-11-24-7-3-4-8-25(24)20-23)9-5-6-14-31-27(34)12-16-37-18-19-38-17-15-30-22-39/h3-4,7-8,10-11,20,26H,2,5-6,9,12-19,21H2,1H3,(H,31,34)(H,32,36)(H,33,35). The van der Waals surface area contributed by atoms with Crippen LogP contribution in [0.3, 0.4) is 0 Å². The van der Waals surface area contributed by atoms with E-state index in [-0.39, 0.29) is 30.6 Å². The van der Waals surface area contributed by atoms with Gasteiger partial charge in [-0.05, 0) is 54.2 Å². The average molecular weight is 557 g/mol. The second kappa shape index (κ2) is 19.8. The highest BCUT2D eigenvalue weighted by Gasteiger charge is 2.20. The number of thiocarbonyl (C=S) groups is 1. The summed E-state index contributed by atoms with van der Waals surface area (Å²) in [4.78, 5) is 41.2. The molecule has 0 spiro atoms. The highest BCUT2D eigenvalue weighted by atomic mass is 32.1. The summed E-state index contributed by atoms with van der Waals surface area (Å²) in [5, 5.41) is 13.1. The molecule has 0 aliphatic rings. The topological polar surface area (TPSA) is 118 Å². The van der Waals surface area contributed by atoms with E-state index >= 15 is 0 Å². The molecule has 2 aromatic carbocycles. The molecule has 0 aliphatic carbocycles. The van der Waals surface area contributed by atoms with E-state index < -0.39 is 6.04 Å². The minimum absolute atomic E-state index is 0.0906. The molecule has 0 aromatic heterocycles. The van der Waals surface area contributed by atoms with Gasteiger partial charge >= 0.3 is 0 Å². The molecule has 0 radical (unpaired) electrons. The van der Waals surface area contributed by atoms with E-state index in [1.807, 2.05) is 49.4 Å². The van der Waals surface area contributed by atoms with Crippen molar-refractivity contribution >= 4 is 45.9 Å². The van der Waals surface area contributed by atoms with Gasteiger partial charge in [0.05, 0.1) is 44.6 Å². The van der Waals surface area contributed by atoms with Crippen LogP contribution in [-0.4, -0.2) is 75.0 Å². The number of ether oxygens (including phenoxy) is 2. The summed E-state index contributed by atoms with van der Waals surface area (Å²) in [5.74, 6) is -0.462. The smallest absolute Gasteiger partial charge is 0.242 e. The second-order valence-electron chi connectivity index (χ2n) is 9.06. The Labute approximate surface area is 236 Å². The van der Waals surface area contributed by atoms with Crippen LogP contribution in [0.5, 0.6) is 0 Å². The van der Waals surface area contributed by atoms with Crippen LogP contribution in [0.2, 0.25) is 0 Å². The van der Waals surface area contributed by atoms with Gasteiger partial charge in [0.1, 0.15) is 6.04 Å². The summed E-state index contributed by atoms with van der Waals surface area (Å²) in [6, 6.07) is 13.3. The van der Waals surface area contributed by atoms with Crippen LogP contribution in [0, 0.1) is 0 Å². The molecule has 0 fully saturated rings. The summed E-state index contributed by atoms with van der Waals surface area (Å²) in [6.45, 7) is 5.13. The third kappa shape index (κ3) is 14.0. The Morgan fingerprint density at radius 1 is 0.923 bits per heavy atom. The predicted octanol–water partition coefficient (Wildman–Crippen LogP) is 3.21. The number of isothiocyanates is 1. The van der Waals surface area contributed by atoms with Gasteiger partial charge in [0.15, 0.2) is 0 Å². The van der Waals surface area contributed by atoms with Gasteiger partial charge in [-0.1, -0.05) is 49.4 Å². The Morgan fingerprint density at radius 2 is 1.69 bits per heavy atom. The molecular weight excluding hydrogens is 516 g/mol. The van der Waals surface area contributed by atoms with Crippen LogP contribution < -0.4 is 16.0 Å². The van der Waals surface area contributed by atoms with E-state index in [1.54, 1.807) is 0 Å². The van der Waals surface area contributed by atoms with Crippen LogP contribution in [0.25, 0.3) is 10.8 Å². The van der Waals surface area contributed by atoms with Gasteiger partial charge in [-0.3, -0.25) is 14.4 Å². The SMILES string of the molecule is CCCNC(=O)C(CCCCNC(=O)CCOCCOCCN=C=S)NC(=O)Cc1ccc2ccccc2c1. The Balaban J connectivity index is 1.67. The van der Waals surface area contributed by atoms with E-state index in [2.05, 4.69) is 38.3 Å². The molecule has 2 rings (SSSR count). The van der Waals surface area contributed by atoms with Crippen molar-refractivity contribution in [1.29, 1.82) is 0 Å². The van der Waals surface area contributed by atoms with Crippen LogP contribution >= 0.6 is 12.2 Å². The van der Waals surface area contributed by atoms with Crippen molar-refractivity contribution in [3.8, 4) is 0 Å². The van der Waals surface area contributed by atoms with Gasteiger partial charge < -0.3 is 25.4 Å². The first-order valence-corrected chi connectivity index (χ1v) is 13.9. The van der Waals surface area contributed by atoms with Gasteiger partial charge in [-0.2, -0.15) is 0 Å². The van der Waals surface area contributed by atoms with Crippen molar-refractivity contribution < 1.29 is 23.9 Å². The number of benzene rings is 2. The van der Waals surface area contributed by atoms with E-state index in [0.29, 0.717) is 65.3 Å². The molecular formula is C29H40N4O5S. The van der Waals surface area contributed by atoms with Gasteiger partial charge in [-0.25, -0.2) is 4.99 Å². The number of fused-ring (bicyclic) bond motifs is 1. The van der Waals surface area contributed by atoms with Crippen molar-refractivity contribution in [3.63, 3.8) is 0 Å². The number of rotatable bonds is 20. The number of carbonyl (C=O) groups excluding carboxylic acids is 3. The van der Waals surface area contributed by atoms with Gasteiger partial charge in [0.2, 0.25) is 17.7 Å².